The quantitative estimate of drug-likeness (QED) is 0.150. The Bertz CT molecular complexity index is 2950. The lowest BCUT2D eigenvalue weighted by molar-refractivity contribution is 1.28. The van der Waals surface area contributed by atoms with E-state index in [-0.39, 0.29) is 0 Å². The summed E-state index contributed by atoms with van der Waals surface area (Å²) in [4.78, 5) is 2.38. The molecule has 0 radical (unpaired) electrons. The van der Waals surface area contributed by atoms with Gasteiger partial charge in [-0.2, -0.15) is 0 Å². The number of hydrogen-bond acceptors (Lipinski definition) is 1. The molecule has 10 aromatic rings. The fourth-order valence-electron chi connectivity index (χ4n) is 8.25. The van der Waals surface area contributed by atoms with Crippen molar-refractivity contribution in [1.29, 1.82) is 0 Å². The first-order valence-corrected chi connectivity index (χ1v) is 18.9. The minimum Gasteiger partial charge on any atom is -0.310 e. The molecular weight excluding hydrogens is 663 g/mol. The number of hydrogen-bond donors (Lipinski definition) is 0. The van der Waals surface area contributed by atoms with E-state index in [9.17, 15) is 0 Å². The first-order chi connectivity index (χ1) is 27.3. The zero-order valence-electron chi connectivity index (χ0n) is 30.3. The van der Waals surface area contributed by atoms with Gasteiger partial charge in [0.25, 0.3) is 0 Å². The molecule has 0 aliphatic heterocycles. The van der Waals surface area contributed by atoms with E-state index >= 15 is 0 Å². The Morgan fingerprint density at radius 2 is 0.745 bits per heavy atom. The molecule has 0 unspecified atom stereocenters. The van der Waals surface area contributed by atoms with Crippen LogP contribution in [0.3, 0.4) is 0 Å². The Morgan fingerprint density at radius 1 is 0.236 bits per heavy atom. The highest BCUT2D eigenvalue weighted by Gasteiger charge is 2.19. The maximum absolute atomic E-state index is 2.38. The van der Waals surface area contributed by atoms with Crippen LogP contribution in [0.15, 0.2) is 224 Å². The molecule has 0 fully saturated rings. The molecule has 0 spiro atoms. The van der Waals surface area contributed by atoms with E-state index in [0.29, 0.717) is 0 Å². The van der Waals surface area contributed by atoms with Crippen LogP contribution in [-0.4, -0.2) is 0 Å². The number of fused-ring (bicyclic) bond motifs is 5. The van der Waals surface area contributed by atoms with Crippen molar-refractivity contribution in [1.82, 2.24) is 0 Å². The molecule has 0 atom stereocenters. The minimum atomic E-state index is 1.10. The van der Waals surface area contributed by atoms with Crippen LogP contribution in [0, 0.1) is 0 Å². The van der Waals surface area contributed by atoms with Crippen LogP contribution in [0.1, 0.15) is 0 Å². The summed E-state index contributed by atoms with van der Waals surface area (Å²) in [7, 11) is 0. The van der Waals surface area contributed by atoms with E-state index in [2.05, 4.69) is 229 Å². The molecule has 0 saturated heterocycles. The van der Waals surface area contributed by atoms with E-state index < -0.39 is 0 Å². The summed E-state index contributed by atoms with van der Waals surface area (Å²) >= 11 is 0. The Labute approximate surface area is 322 Å². The number of rotatable bonds is 7. The predicted molar refractivity (Wildman–Crippen MR) is 235 cm³/mol. The summed E-state index contributed by atoms with van der Waals surface area (Å²) in [5.74, 6) is 0. The third-order valence-electron chi connectivity index (χ3n) is 10.9. The van der Waals surface area contributed by atoms with Gasteiger partial charge in [-0.1, -0.05) is 188 Å². The van der Waals surface area contributed by atoms with Gasteiger partial charge in [0.15, 0.2) is 0 Å². The van der Waals surface area contributed by atoms with Gasteiger partial charge in [0.05, 0.1) is 5.69 Å². The van der Waals surface area contributed by atoms with Gasteiger partial charge in [-0.3, -0.25) is 0 Å². The highest BCUT2D eigenvalue weighted by molar-refractivity contribution is 6.19. The predicted octanol–water partition coefficient (Wildman–Crippen LogP) is 15.3. The molecule has 0 heterocycles. The van der Waals surface area contributed by atoms with E-state index in [1.54, 1.807) is 0 Å². The first-order valence-electron chi connectivity index (χ1n) is 18.9. The Hall–Kier alpha value is -7.22. The largest absolute Gasteiger partial charge is 0.310 e. The molecule has 258 valence electrons. The average molecular weight is 700 g/mol. The molecule has 0 N–H and O–H groups in total. The van der Waals surface area contributed by atoms with E-state index in [4.69, 9.17) is 0 Å². The second-order valence-corrected chi connectivity index (χ2v) is 14.1. The maximum Gasteiger partial charge on any atom is 0.0540 e. The SMILES string of the molecule is c1ccc(-c2ccc(N(c3ccccc3)c3ccc(-c4ccccc4-c4cccc5c4ccc4c6ccccc6ccc54)cc3)c(-c3ccccc3)c2)cc1. The second kappa shape index (κ2) is 14.0. The van der Waals surface area contributed by atoms with Crippen molar-refractivity contribution in [3.05, 3.63) is 224 Å². The summed E-state index contributed by atoms with van der Waals surface area (Å²) in [6, 6.07) is 81.3. The number of anilines is 3. The van der Waals surface area contributed by atoms with Crippen LogP contribution >= 0.6 is 0 Å². The van der Waals surface area contributed by atoms with Crippen LogP contribution in [0.4, 0.5) is 17.1 Å². The Kier molecular flexibility index (Phi) is 8.24. The Morgan fingerprint density at radius 3 is 1.53 bits per heavy atom. The van der Waals surface area contributed by atoms with Crippen molar-refractivity contribution < 1.29 is 0 Å². The van der Waals surface area contributed by atoms with E-state index in [1.165, 1.54) is 76.8 Å². The maximum atomic E-state index is 2.38. The van der Waals surface area contributed by atoms with Gasteiger partial charge >= 0.3 is 0 Å². The molecule has 0 saturated carbocycles. The zero-order chi connectivity index (χ0) is 36.6. The van der Waals surface area contributed by atoms with Crippen LogP contribution in [0.2, 0.25) is 0 Å². The monoisotopic (exact) mass is 699 g/mol. The van der Waals surface area contributed by atoms with Crippen LogP contribution in [-0.2, 0) is 0 Å². The molecule has 0 aliphatic rings. The van der Waals surface area contributed by atoms with Gasteiger partial charge in [0.2, 0.25) is 0 Å². The summed E-state index contributed by atoms with van der Waals surface area (Å²) in [6.45, 7) is 0. The van der Waals surface area contributed by atoms with E-state index in [1.807, 2.05) is 0 Å². The summed E-state index contributed by atoms with van der Waals surface area (Å²) < 4.78 is 0. The molecular formula is C54H37N. The normalized spacial score (nSPS) is 11.3. The van der Waals surface area contributed by atoms with Crippen molar-refractivity contribution in [2.75, 3.05) is 4.90 Å². The van der Waals surface area contributed by atoms with Crippen molar-refractivity contribution >= 4 is 49.4 Å². The Balaban J connectivity index is 1.09. The first kappa shape index (κ1) is 32.4. The lowest BCUT2D eigenvalue weighted by atomic mass is 9.89. The summed E-state index contributed by atoms with van der Waals surface area (Å²) in [6.07, 6.45) is 0. The van der Waals surface area contributed by atoms with Crippen molar-refractivity contribution in [2.24, 2.45) is 0 Å². The van der Waals surface area contributed by atoms with Gasteiger partial charge in [0.1, 0.15) is 0 Å². The number of benzene rings is 10. The van der Waals surface area contributed by atoms with Crippen LogP contribution < -0.4 is 4.90 Å². The van der Waals surface area contributed by atoms with Gasteiger partial charge in [-0.05, 0) is 108 Å². The molecule has 1 heteroatoms. The molecule has 0 amide bonds. The van der Waals surface area contributed by atoms with Crippen molar-refractivity contribution in [3.8, 4) is 44.5 Å². The molecule has 10 aromatic carbocycles. The molecule has 10 rings (SSSR count). The van der Waals surface area contributed by atoms with Crippen LogP contribution in [0.25, 0.3) is 76.8 Å². The van der Waals surface area contributed by atoms with Crippen molar-refractivity contribution in [3.63, 3.8) is 0 Å². The van der Waals surface area contributed by atoms with Crippen molar-refractivity contribution in [2.45, 2.75) is 0 Å². The molecule has 1 nitrogen and oxygen atoms in total. The van der Waals surface area contributed by atoms with Crippen LogP contribution in [0.5, 0.6) is 0 Å². The highest BCUT2D eigenvalue weighted by Crippen LogP contribution is 2.44. The summed E-state index contributed by atoms with van der Waals surface area (Å²) in [5, 5.41) is 7.67. The molecule has 0 aliphatic carbocycles. The standard InChI is InChI=1S/C54H37N/c1-4-15-38(16-5-1)42-30-36-54(53(37-42)39-17-6-2-7-18-39)55(43-20-8-3-9-21-43)44-31-27-41(28-32-44)46-23-12-13-24-47(46)48-25-14-26-49-51-33-29-40-19-10-11-22-45(40)50(51)34-35-52(48)49/h1-37H. The third kappa shape index (κ3) is 5.93. The van der Waals surface area contributed by atoms with Gasteiger partial charge in [0, 0.05) is 16.9 Å². The lowest BCUT2D eigenvalue weighted by Crippen LogP contribution is -2.11. The number of para-hydroxylation sites is 1. The average Bonchev–Trinajstić information content (AvgIpc) is 3.27. The third-order valence-corrected chi connectivity index (χ3v) is 10.9. The lowest BCUT2D eigenvalue weighted by Gasteiger charge is -2.28. The number of nitrogens with zero attached hydrogens (tertiary/aromatic N) is 1. The van der Waals surface area contributed by atoms with Gasteiger partial charge < -0.3 is 4.90 Å². The smallest absolute Gasteiger partial charge is 0.0540 e. The molecule has 0 bridgehead atoms. The second-order valence-electron chi connectivity index (χ2n) is 14.1. The molecule has 0 aromatic heterocycles. The van der Waals surface area contributed by atoms with Gasteiger partial charge in [-0.25, -0.2) is 0 Å². The van der Waals surface area contributed by atoms with Gasteiger partial charge in [-0.15, -0.1) is 0 Å². The highest BCUT2D eigenvalue weighted by atomic mass is 15.1. The molecule has 55 heavy (non-hydrogen) atoms. The van der Waals surface area contributed by atoms with E-state index in [0.717, 1.165) is 17.1 Å². The topological polar surface area (TPSA) is 3.24 Å². The fraction of sp³-hybridized carbons (Fsp3) is 0. The summed E-state index contributed by atoms with van der Waals surface area (Å²) in [5.41, 5.74) is 12.9. The minimum absolute atomic E-state index is 1.10. The zero-order valence-corrected chi connectivity index (χ0v) is 30.3. The fourth-order valence-corrected chi connectivity index (χ4v) is 8.25.